The summed E-state index contributed by atoms with van der Waals surface area (Å²) in [5.41, 5.74) is 2.55. The fraction of sp³-hybridized carbons (Fsp3) is 0.214. The summed E-state index contributed by atoms with van der Waals surface area (Å²) in [4.78, 5) is 34.3. The number of thiazole rings is 1. The van der Waals surface area contributed by atoms with Crippen LogP contribution < -0.4 is 11.0 Å². The van der Waals surface area contributed by atoms with Crippen molar-refractivity contribution in [2.45, 2.75) is 20.0 Å². The van der Waals surface area contributed by atoms with E-state index in [1.165, 1.54) is 21.9 Å². The molecular weight excluding hydrogens is 290 g/mol. The van der Waals surface area contributed by atoms with E-state index in [9.17, 15) is 9.59 Å². The van der Waals surface area contributed by atoms with Crippen LogP contribution in [0.3, 0.4) is 0 Å². The van der Waals surface area contributed by atoms with Crippen molar-refractivity contribution in [3.05, 3.63) is 46.4 Å². The monoisotopic (exact) mass is 303 g/mol. The molecule has 7 heteroatoms. The highest BCUT2D eigenvalue weighted by Crippen LogP contribution is 2.23. The Hall–Kier alpha value is -2.25. The fourth-order valence-electron chi connectivity index (χ4n) is 1.93. The predicted molar refractivity (Wildman–Crippen MR) is 80.5 cm³/mol. The number of hydrogen-bond donors (Lipinski definition) is 1. The van der Waals surface area contributed by atoms with E-state index in [0.29, 0.717) is 4.96 Å². The van der Waals surface area contributed by atoms with Gasteiger partial charge in [0, 0.05) is 6.20 Å². The third-order valence-electron chi connectivity index (χ3n) is 2.87. The molecule has 0 aliphatic heterocycles. The first-order valence-corrected chi connectivity index (χ1v) is 7.25. The smallest absolute Gasteiger partial charge is 0.271 e. The number of nitrogens with one attached hydrogen (secondary N) is 1. The lowest BCUT2D eigenvalue weighted by Gasteiger charge is -2.07. The van der Waals surface area contributed by atoms with Crippen molar-refractivity contribution in [3.63, 3.8) is 0 Å². The van der Waals surface area contributed by atoms with Gasteiger partial charge in [0.05, 0.1) is 16.3 Å². The summed E-state index contributed by atoms with van der Waals surface area (Å²) in [6, 6.07) is 7.48. The molecule has 0 aliphatic rings. The molecule has 0 fully saturated rings. The number of fused-ring (bicyclic) bond motifs is 3. The maximum atomic E-state index is 12.5. The number of hydroxylamine groups is 1. The van der Waals surface area contributed by atoms with Crippen LogP contribution in [0.2, 0.25) is 0 Å². The van der Waals surface area contributed by atoms with Gasteiger partial charge in [-0.2, -0.15) is 0 Å². The molecule has 1 N–H and O–H groups in total. The van der Waals surface area contributed by atoms with E-state index in [-0.39, 0.29) is 11.7 Å². The topological polar surface area (TPSA) is 72.7 Å². The number of para-hydroxylation sites is 1. The van der Waals surface area contributed by atoms with Gasteiger partial charge in [0.1, 0.15) is 5.56 Å². The molecule has 6 nitrogen and oxygen atoms in total. The maximum Gasteiger partial charge on any atom is 0.282 e. The second-order valence-electron chi connectivity index (χ2n) is 4.76. The number of carbonyl (C=O) groups excluding carboxylic acids is 1. The molecule has 3 aromatic rings. The molecule has 0 bridgehead atoms. The minimum Gasteiger partial charge on any atom is -0.271 e. The molecule has 21 heavy (non-hydrogen) atoms. The summed E-state index contributed by atoms with van der Waals surface area (Å²) in [5, 5.41) is 0. The normalized spacial score (nSPS) is 11.4. The van der Waals surface area contributed by atoms with Crippen molar-refractivity contribution in [3.8, 4) is 0 Å². The average molecular weight is 303 g/mol. The lowest BCUT2D eigenvalue weighted by atomic mass is 10.3. The summed E-state index contributed by atoms with van der Waals surface area (Å²) in [6.07, 6.45) is 1.11. The van der Waals surface area contributed by atoms with Crippen molar-refractivity contribution in [2.75, 3.05) is 0 Å². The molecule has 108 valence electrons. The molecular formula is C14H13N3O3S. The number of aromatic nitrogens is 2. The third-order valence-corrected chi connectivity index (χ3v) is 3.90. The highest BCUT2D eigenvalue weighted by Gasteiger charge is 2.16. The first-order valence-electron chi connectivity index (χ1n) is 6.43. The molecule has 1 aromatic carbocycles. The Balaban J connectivity index is 2.13. The van der Waals surface area contributed by atoms with Crippen LogP contribution in [0, 0.1) is 0 Å². The Labute approximate surface area is 124 Å². The maximum absolute atomic E-state index is 12.5. The van der Waals surface area contributed by atoms with Crippen LogP contribution in [-0.2, 0) is 4.84 Å². The summed E-state index contributed by atoms with van der Waals surface area (Å²) < 4.78 is 2.39. The van der Waals surface area contributed by atoms with Gasteiger partial charge in [0.25, 0.3) is 11.5 Å². The summed E-state index contributed by atoms with van der Waals surface area (Å²) >= 11 is 1.40. The fourth-order valence-corrected chi connectivity index (χ4v) is 2.92. The van der Waals surface area contributed by atoms with Gasteiger partial charge in [-0.05, 0) is 26.0 Å². The van der Waals surface area contributed by atoms with E-state index in [2.05, 4.69) is 10.5 Å². The number of rotatable bonds is 3. The van der Waals surface area contributed by atoms with E-state index in [0.717, 1.165) is 10.2 Å². The minimum absolute atomic E-state index is 0.0447. The quantitative estimate of drug-likeness (QED) is 0.751. The number of amides is 1. The Kier molecular flexibility index (Phi) is 3.44. The van der Waals surface area contributed by atoms with Gasteiger partial charge in [0.15, 0.2) is 4.96 Å². The van der Waals surface area contributed by atoms with Crippen LogP contribution in [0.15, 0.2) is 35.3 Å². The van der Waals surface area contributed by atoms with Crippen molar-refractivity contribution in [1.29, 1.82) is 0 Å². The zero-order valence-corrected chi connectivity index (χ0v) is 12.3. The Bertz CT molecular complexity index is 882. The van der Waals surface area contributed by atoms with E-state index < -0.39 is 11.5 Å². The van der Waals surface area contributed by atoms with Gasteiger partial charge < -0.3 is 0 Å². The van der Waals surface area contributed by atoms with Crippen LogP contribution in [0.5, 0.6) is 0 Å². The largest absolute Gasteiger partial charge is 0.282 e. The van der Waals surface area contributed by atoms with Crippen molar-refractivity contribution >= 4 is 32.4 Å². The number of nitrogens with zero attached hydrogens (tertiary/aromatic N) is 2. The van der Waals surface area contributed by atoms with Gasteiger partial charge in [0.2, 0.25) is 0 Å². The summed E-state index contributed by atoms with van der Waals surface area (Å²) in [5.74, 6) is -0.592. The van der Waals surface area contributed by atoms with E-state index in [1.807, 2.05) is 24.3 Å². The highest BCUT2D eigenvalue weighted by atomic mass is 32.1. The highest BCUT2D eigenvalue weighted by molar-refractivity contribution is 7.23. The Morgan fingerprint density at radius 1 is 1.38 bits per heavy atom. The van der Waals surface area contributed by atoms with E-state index in [4.69, 9.17) is 4.84 Å². The van der Waals surface area contributed by atoms with Gasteiger partial charge in [-0.3, -0.25) is 18.8 Å². The molecule has 3 rings (SSSR count). The van der Waals surface area contributed by atoms with Crippen LogP contribution in [0.1, 0.15) is 24.2 Å². The van der Waals surface area contributed by atoms with Crippen molar-refractivity contribution in [1.82, 2.24) is 14.9 Å². The van der Waals surface area contributed by atoms with Crippen molar-refractivity contribution < 1.29 is 9.63 Å². The third kappa shape index (κ3) is 2.41. The lowest BCUT2D eigenvalue weighted by Crippen LogP contribution is -2.33. The molecule has 0 saturated heterocycles. The molecule has 0 radical (unpaired) electrons. The average Bonchev–Trinajstić information content (AvgIpc) is 2.84. The first kappa shape index (κ1) is 13.7. The minimum atomic E-state index is -0.592. The van der Waals surface area contributed by atoms with Gasteiger partial charge in [-0.15, -0.1) is 0 Å². The molecule has 0 spiro atoms. The second-order valence-corrected chi connectivity index (χ2v) is 5.77. The molecule has 0 aliphatic carbocycles. The zero-order chi connectivity index (χ0) is 15.0. The number of carbonyl (C=O) groups is 1. The number of benzene rings is 1. The molecule has 2 heterocycles. The molecule has 0 saturated carbocycles. The standard InChI is InChI=1S/C14H13N3O3S/c1-8(2)20-16-12(18)9-7-15-14-17(13(9)19)10-5-3-4-6-11(10)21-14/h3-8H,1-2H3,(H,16,18). The van der Waals surface area contributed by atoms with Crippen LogP contribution in [0.25, 0.3) is 15.2 Å². The Morgan fingerprint density at radius 2 is 2.14 bits per heavy atom. The van der Waals surface area contributed by atoms with Gasteiger partial charge in [-0.25, -0.2) is 10.5 Å². The number of hydrogen-bond acceptors (Lipinski definition) is 5. The zero-order valence-electron chi connectivity index (χ0n) is 11.5. The van der Waals surface area contributed by atoms with Crippen LogP contribution in [0.4, 0.5) is 0 Å². The molecule has 2 aromatic heterocycles. The van der Waals surface area contributed by atoms with E-state index in [1.54, 1.807) is 13.8 Å². The molecule has 0 atom stereocenters. The first-order chi connectivity index (χ1) is 10.1. The lowest BCUT2D eigenvalue weighted by molar-refractivity contribution is 0.0000565. The van der Waals surface area contributed by atoms with Gasteiger partial charge >= 0.3 is 0 Å². The van der Waals surface area contributed by atoms with E-state index >= 15 is 0 Å². The van der Waals surface area contributed by atoms with Gasteiger partial charge in [-0.1, -0.05) is 23.5 Å². The SMILES string of the molecule is CC(C)ONC(=O)c1cnc2sc3ccccc3n2c1=O. The summed E-state index contributed by atoms with van der Waals surface area (Å²) in [6.45, 7) is 3.56. The second kappa shape index (κ2) is 5.27. The molecule has 0 unspecified atom stereocenters. The van der Waals surface area contributed by atoms with Crippen LogP contribution in [-0.4, -0.2) is 21.4 Å². The molecule has 1 amide bonds. The van der Waals surface area contributed by atoms with Crippen molar-refractivity contribution in [2.24, 2.45) is 0 Å². The summed E-state index contributed by atoms with van der Waals surface area (Å²) in [7, 11) is 0. The predicted octanol–water partition coefficient (Wildman–Crippen LogP) is 1.98. The Morgan fingerprint density at radius 3 is 2.90 bits per heavy atom. The van der Waals surface area contributed by atoms with Crippen LogP contribution >= 0.6 is 11.3 Å².